The minimum absolute atomic E-state index is 0.0435. The maximum absolute atomic E-state index is 12.4. The van der Waals surface area contributed by atoms with Gasteiger partial charge in [-0.15, -0.1) is 0 Å². The zero-order valence-corrected chi connectivity index (χ0v) is 14.2. The third-order valence-electron chi connectivity index (χ3n) is 3.66. The molecule has 0 radical (unpaired) electrons. The van der Waals surface area contributed by atoms with E-state index in [4.69, 9.17) is 11.6 Å². The van der Waals surface area contributed by atoms with Gasteiger partial charge in [0.05, 0.1) is 11.0 Å². The molecule has 0 bridgehead atoms. The highest BCUT2D eigenvalue weighted by Crippen LogP contribution is 2.23. The molecule has 2 aromatic rings. The minimum Gasteiger partial charge on any atom is -0.350 e. The molecule has 7 heteroatoms. The summed E-state index contributed by atoms with van der Waals surface area (Å²) in [5.41, 5.74) is 0.736. The van der Waals surface area contributed by atoms with Crippen molar-refractivity contribution in [2.45, 2.75) is 6.04 Å². The second-order valence-electron chi connectivity index (χ2n) is 5.52. The molecule has 0 aliphatic rings. The largest absolute Gasteiger partial charge is 0.350 e. The van der Waals surface area contributed by atoms with Gasteiger partial charge in [0.1, 0.15) is 5.56 Å². The molecule has 0 aromatic heterocycles. The Morgan fingerprint density at radius 3 is 2.50 bits per heavy atom. The molecule has 0 fully saturated rings. The van der Waals surface area contributed by atoms with Crippen LogP contribution in [0.5, 0.6) is 0 Å². The van der Waals surface area contributed by atoms with Crippen molar-refractivity contribution in [3.8, 4) is 0 Å². The van der Waals surface area contributed by atoms with E-state index in [1.54, 1.807) is 0 Å². The summed E-state index contributed by atoms with van der Waals surface area (Å²) in [7, 11) is 3.82. The first-order valence-corrected chi connectivity index (χ1v) is 7.71. The first kappa shape index (κ1) is 17.9. The molecule has 2 rings (SSSR count). The van der Waals surface area contributed by atoms with Crippen molar-refractivity contribution in [2.75, 3.05) is 20.6 Å². The molecule has 0 saturated heterocycles. The monoisotopic (exact) mass is 347 g/mol. The maximum atomic E-state index is 12.4. The van der Waals surface area contributed by atoms with E-state index in [9.17, 15) is 14.9 Å². The third-order valence-corrected chi connectivity index (χ3v) is 3.90. The molecule has 0 heterocycles. The zero-order chi connectivity index (χ0) is 17.7. The lowest BCUT2D eigenvalue weighted by Gasteiger charge is -2.25. The fraction of sp³-hybridized carbons (Fsp3) is 0.235. The van der Waals surface area contributed by atoms with Crippen molar-refractivity contribution in [2.24, 2.45) is 0 Å². The topological polar surface area (TPSA) is 75.5 Å². The number of nitrogens with zero attached hydrogens (tertiary/aromatic N) is 2. The van der Waals surface area contributed by atoms with E-state index in [0.717, 1.165) is 5.56 Å². The molecule has 1 N–H and O–H groups in total. The molecule has 126 valence electrons. The average Bonchev–Trinajstić information content (AvgIpc) is 2.55. The summed E-state index contributed by atoms with van der Waals surface area (Å²) in [6.45, 7) is 0.319. The van der Waals surface area contributed by atoms with Gasteiger partial charge < -0.3 is 10.2 Å². The summed E-state index contributed by atoms with van der Waals surface area (Å²) < 4.78 is 0. The lowest BCUT2D eigenvalue weighted by atomic mass is 10.1. The molecular formula is C17H18ClN3O3. The summed E-state index contributed by atoms with van der Waals surface area (Å²) in [5, 5.41) is 14.1. The van der Waals surface area contributed by atoms with Crippen LogP contribution in [0.15, 0.2) is 48.5 Å². The quantitative estimate of drug-likeness (QED) is 0.642. The SMILES string of the molecule is CN(C)C(CNC(=O)c1cc(Cl)ccc1[N+](=O)[O-])c1ccccc1. The Morgan fingerprint density at radius 2 is 1.92 bits per heavy atom. The molecule has 0 spiro atoms. The number of hydrogen-bond acceptors (Lipinski definition) is 4. The van der Waals surface area contributed by atoms with E-state index in [-0.39, 0.29) is 22.3 Å². The van der Waals surface area contributed by atoms with Gasteiger partial charge in [0, 0.05) is 17.6 Å². The van der Waals surface area contributed by atoms with E-state index in [1.807, 2.05) is 49.3 Å². The third kappa shape index (κ3) is 4.31. The predicted molar refractivity (Wildman–Crippen MR) is 93.3 cm³/mol. The van der Waals surface area contributed by atoms with E-state index in [2.05, 4.69) is 5.32 Å². The van der Waals surface area contributed by atoms with E-state index in [1.165, 1.54) is 18.2 Å². The molecule has 6 nitrogen and oxygen atoms in total. The Kier molecular flexibility index (Phi) is 5.89. The number of hydrogen-bond donors (Lipinski definition) is 1. The van der Waals surface area contributed by atoms with Crippen LogP contribution in [-0.2, 0) is 0 Å². The van der Waals surface area contributed by atoms with Gasteiger partial charge in [-0.3, -0.25) is 14.9 Å². The van der Waals surface area contributed by atoms with Crippen molar-refractivity contribution < 1.29 is 9.72 Å². The number of rotatable bonds is 6. The van der Waals surface area contributed by atoms with Crippen LogP contribution in [0.3, 0.4) is 0 Å². The Hall–Kier alpha value is -2.44. The van der Waals surface area contributed by atoms with Crippen molar-refractivity contribution in [1.29, 1.82) is 0 Å². The molecule has 0 aliphatic carbocycles. The van der Waals surface area contributed by atoms with Gasteiger partial charge in [-0.25, -0.2) is 0 Å². The first-order valence-electron chi connectivity index (χ1n) is 7.33. The summed E-state index contributed by atoms with van der Waals surface area (Å²) in [6.07, 6.45) is 0. The highest BCUT2D eigenvalue weighted by atomic mass is 35.5. The van der Waals surface area contributed by atoms with Gasteiger partial charge >= 0.3 is 0 Å². The van der Waals surface area contributed by atoms with Gasteiger partial charge in [-0.1, -0.05) is 41.9 Å². The molecule has 24 heavy (non-hydrogen) atoms. The van der Waals surface area contributed by atoms with Gasteiger partial charge in [-0.05, 0) is 31.8 Å². The van der Waals surface area contributed by atoms with Crippen LogP contribution >= 0.6 is 11.6 Å². The average molecular weight is 348 g/mol. The minimum atomic E-state index is -0.591. The van der Waals surface area contributed by atoms with Crippen molar-refractivity contribution in [3.63, 3.8) is 0 Å². The predicted octanol–water partition coefficient (Wildman–Crippen LogP) is 3.28. The fourth-order valence-corrected chi connectivity index (χ4v) is 2.58. The number of carbonyl (C=O) groups excluding carboxylic acids is 1. The van der Waals surface area contributed by atoms with Crippen LogP contribution in [0.25, 0.3) is 0 Å². The van der Waals surface area contributed by atoms with E-state index < -0.39 is 10.8 Å². The zero-order valence-electron chi connectivity index (χ0n) is 13.4. The molecule has 1 unspecified atom stereocenters. The molecule has 2 aromatic carbocycles. The summed E-state index contributed by atoms with van der Waals surface area (Å²) >= 11 is 5.86. The number of benzene rings is 2. The molecule has 0 aliphatic heterocycles. The Balaban J connectivity index is 2.18. The number of likely N-dealkylation sites (N-methyl/N-ethyl adjacent to an activating group) is 1. The smallest absolute Gasteiger partial charge is 0.282 e. The molecule has 1 amide bonds. The summed E-state index contributed by atoms with van der Waals surface area (Å²) in [4.78, 5) is 24.9. The second kappa shape index (κ2) is 7.90. The van der Waals surface area contributed by atoms with Crippen LogP contribution in [0.1, 0.15) is 22.0 Å². The van der Waals surface area contributed by atoms with Crippen molar-refractivity contribution in [1.82, 2.24) is 10.2 Å². The summed E-state index contributed by atoms with van der Waals surface area (Å²) in [5.74, 6) is -0.521. The lowest BCUT2D eigenvalue weighted by molar-refractivity contribution is -0.385. The standard InChI is InChI=1S/C17H18ClN3O3/c1-20(2)16(12-6-4-3-5-7-12)11-19-17(22)14-10-13(18)8-9-15(14)21(23)24/h3-10,16H,11H2,1-2H3,(H,19,22). The second-order valence-corrected chi connectivity index (χ2v) is 5.96. The fourth-order valence-electron chi connectivity index (χ4n) is 2.41. The van der Waals surface area contributed by atoms with Crippen LogP contribution in [0, 0.1) is 10.1 Å². The van der Waals surface area contributed by atoms with E-state index >= 15 is 0 Å². The number of nitro groups is 1. The number of amides is 1. The van der Waals surface area contributed by atoms with Gasteiger partial charge in [0.2, 0.25) is 0 Å². The normalized spacial score (nSPS) is 12.0. The van der Waals surface area contributed by atoms with Crippen LogP contribution in [-0.4, -0.2) is 36.4 Å². The van der Waals surface area contributed by atoms with Gasteiger partial charge in [-0.2, -0.15) is 0 Å². The molecule has 0 saturated carbocycles. The van der Waals surface area contributed by atoms with Gasteiger partial charge in [0.25, 0.3) is 11.6 Å². The number of halogens is 1. The maximum Gasteiger partial charge on any atom is 0.282 e. The van der Waals surface area contributed by atoms with Crippen LogP contribution in [0.4, 0.5) is 5.69 Å². The molecular weight excluding hydrogens is 330 g/mol. The van der Waals surface area contributed by atoms with Crippen LogP contribution in [0.2, 0.25) is 5.02 Å². The first-order chi connectivity index (χ1) is 11.4. The van der Waals surface area contributed by atoms with Crippen molar-refractivity contribution in [3.05, 3.63) is 74.8 Å². The Labute approximate surface area is 145 Å². The number of carbonyl (C=O) groups is 1. The van der Waals surface area contributed by atoms with Crippen LogP contribution < -0.4 is 5.32 Å². The highest BCUT2D eigenvalue weighted by Gasteiger charge is 2.22. The Bertz CT molecular complexity index is 735. The molecule has 1 atom stereocenters. The summed E-state index contributed by atoms with van der Waals surface area (Å²) in [6, 6.07) is 13.6. The number of nitro benzene ring substituents is 1. The van der Waals surface area contributed by atoms with Crippen molar-refractivity contribution >= 4 is 23.2 Å². The lowest BCUT2D eigenvalue weighted by Crippen LogP contribution is -2.34. The Morgan fingerprint density at radius 1 is 1.25 bits per heavy atom. The number of nitrogens with one attached hydrogen (secondary N) is 1. The van der Waals surface area contributed by atoms with E-state index in [0.29, 0.717) is 6.54 Å². The van der Waals surface area contributed by atoms with Gasteiger partial charge in [0.15, 0.2) is 0 Å². The highest BCUT2D eigenvalue weighted by molar-refractivity contribution is 6.31.